The van der Waals surface area contributed by atoms with Gasteiger partial charge in [0.1, 0.15) is 5.41 Å². The van der Waals surface area contributed by atoms with Crippen LogP contribution in [0.5, 0.6) is 0 Å². The van der Waals surface area contributed by atoms with Gasteiger partial charge in [0.15, 0.2) is 5.82 Å². The van der Waals surface area contributed by atoms with Crippen molar-refractivity contribution in [1.29, 1.82) is 0 Å². The van der Waals surface area contributed by atoms with Gasteiger partial charge in [0, 0.05) is 31.7 Å². The van der Waals surface area contributed by atoms with Gasteiger partial charge in [-0.15, -0.1) is 10.2 Å². The summed E-state index contributed by atoms with van der Waals surface area (Å²) in [5, 5.41) is 14.3. The molecule has 1 amide bonds. The Bertz CT molecular complexity index is 514. The summed E-state index contributed by atoms with van der Waals surface area (Å²) < 4.78 is 0. The molecule has 0 bridgehead atoms. The minimum Gasteiger partial charge on any atom is -0.339 e. The Balaban J connectivity index is 1.67. The van der Waals surface area contributed by atoms with Crippen LogP contribution < -0.4 is 0 Å². The number of carbonyl (C=O) groups excluding carboxylic acids is 1. The number of carbonyl (C=O) groups is 1. The van der Waals surface area contributed by atoms with Crippen LogP contribution in [0.25, 0.3) is 0 Å². The molecule has 0 aromatic carbocycles. The molecule has 1 saturated heterocycles. The van der Waals surface area contributed by atoms with Gasteiger partial charge < -0.3 is 4.90 Å². The quantitative estimate of drug-likeness (QED) is 0.896. The van der Waals surface area contributed by atoms with Crippen molar-refractivity contribution in [2.24, 2.45) is 0 Å². The number of amides is 1. The molecule has 0 atom stereocenters. The maximum Gasteiger partial charge on any atom is 0.236 e. The van der Waals surface area contributed by atoms with Crippen LogP contribution in [0.15, 0.2) is 0 Å². The molecule has 122 valence electrons. The van der Waals surface area contributed by atoms with Crippen molar-refractivity contribution in [3.63, 3.8) is 0 Å². The SMILES string of the molecule is CCC(C)(C)N1CCN(C(=O)C2(c3nn[nH]n3)CCC2)CC1. The molecule has 2 fully saturated rings. The maximum atomic E-state index is 13.0. The van der Waals surface area contributed by atoms with E-state index in [4.69, 9.17) is 0 Å². The summed E-state index contributed by atoms with van der Waals surface area (Å²) in [7, 11) is 0. The molecule has 7 nitrogen and oxygen atoms in total. The van der Waals surface area contributed by atoms with Crippen LogP contribution in [-0.2, 0) is 10.2 Å². The Morgan fingerprint density at radius 1 is 1.27 bits per heavy atom. The van der Waals surface area contributed by atoms with Crippen LogP contribution in [0.1, 0.15) is 52.3 Å². The molecule has 1 aliphatic heterocycles. The van der Waals surface area contributed by atoms with E-state index >= 15 is 0 Å². The van der Waals surface area contributed by atoms with Crippen molar-refractivity contribution in [1.82, 2.24) is 30.4 Å². The molecular formula is C15H26N6O. The number of rotatable bonds is 4. The van der Waals surface area contributed by atoms with E-state index in [1.807, 2.05) is 4.90 Å². The standard InChI is InChI=1S/C15H26N6O/c1-4-14(2,3)21-10-8-20(9-11-21)13(22)15(6-5-7-15)12-16-18-19-17-12/h4-11H2,1-3H3,(H,16,17,18,19). The van der Waals surface area contributed by atoms with E-state index in [9.17, 15) is 4.79 Å². The lowest BCUT2D eigenvalue weighted by Gasteiger charge is -2.47. The Kier molecular flexibility index (Phi) is 3.92. The third-order valence-corrected chi connectivity index (χ3v) is 5.68. The molecule has 0 radical (unpaired) electrons. The van der Waals surface area contributed by atoms with Crippen LogP contribution in [0.3, 0.4) is 0 Å². The third kappa shape index (κ3) is 2.41. The molecule has 22 heavy (non-hydrogen) atoms. The third-order valence-electron chi connectivity index (χ3n) is 5.68. The fraction of sp³-hybridized carbons (Fsp3) is 0.867. The number of nitrogens with one attached hydrogen (secondary N) is 1. The number of hydrogen-bond acceptors (Lipinski definition) is 5. The molecule has 3 rings (SSSR count). The smallest absolute Gasteiger partial charge is 0.236 e. The first kappa shape index (κ1) is 15.4. The monoisotopic (exact) mass is 306 g/mol. The Hall–Kier alpha value is -1.50. The zero-order valence-corrected chi connectivity index (χ0v) is 13.8. The highest BCUT2D eigenvalue weighted by Crippen LogP contribution is 2.43. The predicted octanol–water partition coefficient (Wildman–Crippen LogP) is 0.954. The number of hydrogen-bond donors (Lipinski definition) is 1. The van der Waals surface area contributed by atoms with E-state index in [0.29, 0.717) is 5.82 Å². The fourth-order valence-corrected chi connectivity index (χ4v) is 3.47. The van der Waals surface area contributed by atoms with Crippen LogP contribution >= 0.6 is 0 Å². The molecular weight excluding hydrogens is 280 g/mol. The van der Waals surface area contributed by atoms with Gasteiger partial charge in [-0.1, -0.05) is 18.6 Å². The normalized spacial score (nSPS) is 22.4. The van der Waals surface area contributed by atoms with E-state index in [-0.39, 0.29) is 11.4 Å². The molecule has 1 aliphatic carbocycles. The topological polar surface area (TPSA) is 78.0 Å². The van der Waals surface area contributed by atoms with Gasteiger partial charge in [0.05, 0.1) is 0 Å². The van der Waals surface area contributed by atoms with Gasteiger partial charge in [-0.2, -0.15) is 5.21 Å². The predicted molar refractivity (Wildman–Crippen MR) is 82.2 cm³/mol. The molecule has 1 aromatic rings. The fourth-order valence-electron chi connectivity index (χ4n) is 3.47. The second kappa shape index (κ2) is 5.61. The van der Waals surface area contributed by atoms with Gasteiger partial charge in [-0.3, -0.25) is 9.69 Å². The summed E-state index contributed by atoms with van der Waals surface area (Å²) >= 11 is 0. The largest absolute Gasteiger partial charge is 0.339 e. The number of H-pyrrole nitrogens is 1. The minimum atomic E-state index is -0.518. The van der Waals surface area contributed by atoms with Crippen LogP contribution in [0.4, 0.5) is 0 Å². The maximum absolute atomic E-state index is 13.0. The zero-order valence-electron chi connectivity index (χ0n) is 13.8. The van der Waals surface area contributed by atoms with Gasteiger partial charge in [-0.05, 0) is 33.1 Å². The number of piperazine rings is 1. The second-order valence-corrected chi connectivity index (χ2v) is 7.12. The highest BCUT2D eigenvalue weighted by Gasteiger charge is 2.51. The Morgan fingerprint density at radius 3 is 2.41 bits per heavy atom. The lowest BCUT2D eigenvalue weighted by Crippen LogP contribution is -2.60. The summed E-state index contributed by atoms with van der Waals surface area (Å²) in [6.45, 7) is 10.2. The van der Waals surface area contributed by atoms with Crippen molar-refractivity contribution < 1.29 is 4.79 Å². The van der Waals surface area contributed by atoms with Crippen molar-refractivity contribution in [2.45, 2.75) is 57.4 Å². The van der Waals surface area contributed by atoms with Crippen molar-refractivity contribution in [2.75, 3.05) is 26.2 Å². The first-order valence-corrected chi connectivity index (χ1v) is 8.28. The van der Waals surface area contributed by atoms with Gasteiger partial charge in [0.25, 0.3) is 0 Å². The highest BCUT2D eigenvalue weighted by molar-refractivity contribution is 5.88. The molecule has 7 heteroatoms. The molecule has 2 heterocycles. The number of aromatic nitrogens is 4. The van der Waals surface area contributed by atoms with Gasteiger partial charge in [0.2, 0.25) is 5.91 Å². The zero-order chi connectivity index (χ0) is 15.8. The molecule has 1 aromatic heterocycles. The minimum absolute atomic E-state index is 0.189. The molecule has 1 saturated carbocycles. The summed E-state index contributed by atoms with van der Waals surface area (Å²) in [5.41, 5.74) is -0.313. The summed E-state index contributed by atoms with van der Waals surface area (Å²) in [6, 6.07) is 0. The highest BCUT2D eigenvalue weighted by atomic mass is 16.2. The summed E-state index contributed by atoms with van der Waals surface area (Å²) in [4.78, 5) is 17.5. The second-order valence-electron chi connectivity index (χ2n) is 7.12. The Morgan fingerprint density at radius 2 is 1.95 bits per heavy atom. The number of nitrogens with zero attached hydrogens (tertiary/aromatic N) is 5. The first-order chi connectivity index (χ1) is 10.5. The lowest BCUT2D eigenvalue weighted by molar-refractivity contribution is -0.144. The van der Waals surface area contributed by atoms with Crippen molar-refractivity contribution in [3.05, 3.63) is 5.82 Å². The van der Waals surface area contributed by atoms with E-state index in [1.165, 1.54) is 0 Å². The number of tetrazole rings is 1. The van der Waals surface area contributed by atoms with E-state index in [1.54, 1.807) is 0 Å². The summed E-state index contributed by atoms with van der Waals surface area (Å²) in [6.07, 6.45) is 3.86. The molecule has 2 aliphatic rings. The van der Waals surface area contributed by atoms with Gasteiger partial charge >= 0.3 is 0 Å². The van der Waals surface area contributed by atoms with Crippen LogP contribution in [-0.4, -0.2) is 68.0 Å². The molecule has 0 spiro atoms. The lowest BCUT2D eigenvalue weighted by atomic mass is 9.67. The first-order valence-electron chi connectivity index (χ1n) is 8.28. The van der Waals surface area contributed by atoms with Crippen molar-refractivity contribution >= 4 is 5.91 Å². The van der Waals surface area contributed by atoms with Gasteiger partial charge in [-0.25, -0.2) is 0 Å². The summed E-state index contributed by atoms with van der Waals surface area (Å²) in [5.74, 6) is 0.758. The van der Waals surface area contributed by atoms with Crippen molar-refractivity contribution in [3.8, 4) is 0 Å². The average molecular weight is 306 g/mol. The van der Waals surface area contributed by atoms with E-state index in [0.717, 1.165) is 51.9 Å². The molecule has 0 unspecified atom stereocenters. The van der Waals surface area contributed by atoms with Crippen LogP contribution in [0.2, 0.25) is 0 Å². The van der Waals surface area contributed by atoms with E-state index in [2.05, 4.69) is 46.3 Å². The number of aromatic amines is 1. The molecule has 1 N–H and O–H groups in total. The van der Waals surface area contributed by atoms with Crippen LogP contribution in [0, 0.1) is 0 Å². The Labute approximate surface area is 131 Å². The van der Waals surface area contributed by atoms with E-state index < -0.39 is 5.41 Å². The average Bonchev–Trinajstić information content (AvgIpc) is 3.00.